The third-order valence-electron chi connectivity index (χ3n) is 4.82. The molecule has 0 bridgehead atoms. The van der Waals surface area contributed by atoms with Crippen molar-refractivity contribution < 1.29 is 13.6 Å². The Morgan fingerprint density at radius 2 is 2.33 bits per heavy atom. The number of imidazole rings is 1. The minimum Gasteiger partial charge on any atom is -0.455 e. The number of rotatable bonds is 3. The number of carbonyl (C=O) groups is 1. The number of fused-ring (bicyclic) bond motifs is 2. The molecule has 0 spiro atoms. The van der Waals surface area contributed by atoms with Gasteiger partial charge in [0.15, 0.2) is 11.4 Å². The van der Waals surface area contributed by atoms with E-state index in [-0.39, 0.29) is 17.9 Å². The Bertz CT molecular complexity index is 1120. The number of para-hydroxylation sites is 1. The van der Waals surface area contributed by atoms with Crippen LogP contribution in [0.1, 0.15) is 28.2 Å². The molecule has 8 heteroatoms. The molecule has 4 heterocycles. The number of nitrogens with one attached hydrogen (secondary N) is 1. The van der Waals surface area contributed by atoms with Gasteiger partial charge in [-0.15, -0.1) is 11.3 Å². The highest BCUT2D eigenvalue weighted by molar-refractivity contribution is 7.09. The topological polar surface area (TPSA) is 75.0 Å². The van der Waals surface area contributed by atoms with Crippen LogP contribution in [0.4, 0.5) is 4.39 Å². The summed E-state index contributed by atoms with van der Waals surface area (Å²) >= 11 is 1.45. The molecule has 1 atom stereocenters. The van der Waals surface area contributed by atoms with Crippen molar-refractivity contribution in [3.05, 3.63) is 70.1 Å². The summed E-state index contributed by atoms with van der Waals surface area (Å²) in [5.74, 6) is 0.0395. The average Bonchev–Trinajstić information content (AvgIpc) is 3.41. The lowest BCUT2D eigenvalue weighted by Crippen LogP contribution is -2.41. The number of amides is 1. The number of aromatic amines is 1. The molecule has 3 aromatic heterocycles. The Balaban J connectivity index is 1.58. The number of benzene rings is 1. The van der Waals surface area contributed by atoms with E-state index < -0.39 is 11.9 Å². The van der Waals surface area contributed by atoms with Crippen LogP contribution in [-0.4, -0.2) is 32.3 Å². The van der Waals surface area contributed by atoms with Crippen molar-refractivity contribution in [2.45, 2.75) is 18.9 Å². The van der Waals surface area contributed by atoms with E-state index in [0.29, 0.717) is 24.1 Å². The van der Waals surface area contributed by atoms with Crippen molar-refractivity contribution in [2.75, 3.05) is 6.54 Å². The zero-order valence-corrected chi connectivity index (χ0v) is 15.0. The predicted octanol–water partition coefficient (Wildman–Crippen LogP) is 3.47. The van der Waals surface area contributed by atoms with Crippen molar-refractivity contribution in [3.63, 3.8) is 0 Å². The summed E-state index contributed by atoms with van der Waals surface area (Å²) < 4.78 is 20.0. The number of aromatic nitrogens is 3. The van der Waals surface area contributed by atoms with Crippen LogP contribution in [0.5, 0.6) is 0 Å². The Hall–Kier alpha value is -3.00. The largest absolute Gasteiger partial charge is 0.455 e. The quantitative estimate of drug-likeness (QED) is 0.589. The van der Waals surface area contributed by atoms with Crippen molar-refractivity contribution in [1.29, 1.82) is 0 Å². The molecule has 1 aromatic carbocycles. The Kier molecular flexibility index (Phi) is 3.78. The molecule has 0 saturated heterocycles. The summed E-state index contributed by atoms with van der Waals surface area (Å²) in [5.41, 5.74) is 1.91. The fourth-order valence-corrected chi connectivity index (χ4v) is 4.19. The van der Waals surface area contributed by atoms with Crippen molar-refractivity contribution in [3.8, 4) is 0 Å². The van der Waals surface area contributed by atoms with Crippen molar-refractivity contribution in [1.82, 2.24) is 19.9 Å². The first-order valence-electron chi connectivity index (χ1n) is 8.58. The molecule has 1 aliphatic heterocycles. The molecule has 4 aromatic rings. The highest BCUT2D eigenvalue weighted by Gasteiger charge is 2.36. The molecule has 0 radical (unpaired) electrons. The molecular weight excluding hydrogens is 367 g/mol. The zero-order valence-electron chi connectivity index (χ0n) is 14.2. The van der Waals surface area contributed by atoms with E-state index in [2.05, 4.69) is 15.0 Å². The zero-order chi connectivity index (χ0) is 18.4. The third kappa shape index (κ3) is 2.73. The van der Waals surface area contributed by atoms with Crippen LogP contribution in [0.15, 0.2) is 46.6 Å². The molecule has 0 fully saturated rings. The van der Waals surface area contributed by atoms with Gasteiger partial charge in [0, 0.05) is 35.6 Å². The SMILES string of the molecule is O=C(Cc1nccs1)N1CCc2[nH]cnc2[C@H]1c1cc2cccc(F)c2o1. The van der Waals surface area contributed by atoms with Gasteiger partial charge in [-0.2, -0.15) is 0 Å². The second kappa shape index (κ2) is 6.31. The lowest BCUT2D eigenvalue weighted by molar-refractivity contribution is -0.133. The summed E-state index contributed by atoms with van der Waals surface area (Å²) in [6, 6.07) is 6.10. The van der Waals surface area contributed by atoms with Gasteiger partial charge in [0.25, 0.3) is 0 Å². The first kappa shape index (κ1) is 16.2. The number of halogens is 1. The fraction of sp³-hybridized carbons (Fsp3) is 0.211. The third-order valence-corrected chi connectivity index (χ3v) is 5.60. The van der Waals surface area contributed by atoms with Crippen LogP contribution in [0.3, 0.4) is 0 Å². The summed E-state index contributed by atoms with van der Waals surface area (Å²) in [6.45, 7) is 0.531. The van der Waals surface area contributed by atoms with Gasteiger partial charge >= 0.3 is 0 Å². The van der Waals surface area contributed by atoms with Gasteiger partial charge in [0.2, 0.25) is 5.91 Å². The Morgan fingerprint density at radius 3 is 3.15 bits per heavy atom. The molecule has 5 rings (SSSR count). The Morgan fingerprint density at radius 1 is 1.41 bits per heavy atom. The summed E-state index contributed by atoms with van der Waals surface area (Å²) in [6.07, 6.45) is 4.22. The number of hydrogen-bond donors (Lipinski definition) is 1. The maximum Gasteiger partial charge on any atom is 0.230 e. The van der Waals surface area contributed by atoms with Gasteiger partial charge in [-0.3, -0.25) is 4.79 Å². The first-order chi connectivity index (χ1) is 13.2. The van der Waals surface area contributed by atoms with Crippen LogP contribution < -0.4 is 0 Å². The van der Waals surface area contributed by atoms with Crippen LogP contribution in [0, 0.1) is 5.82 Å². The molecule has 0 saturated carbocycles. The summed E-state index contributed by atoms with van der Waals surface area (Å²) in [5, 5.41) is 3.28. The Labute approximate surface area is 157 Å². The van der Waals surface area contributed by atoms with Gasteiger partial charge in [0.05, 0.1) is 18.4 Å². The monoisotopic (exact) mass is 382 g/mol. The molecular formula is C19H15FN4O2S. The summed E-state index contributed by atoms with van der Waals surface area (Å²) in [7, 11) is 0. The number of thiazole rings is 1. The van der Waals surface area contributed by atoms with Gasteiger partial charge in [-0.1, -0.05) is 12.1 Å². The van der Waals surface area contributed by atoms with E-state index in [1.807, 2.05) is 5.38 Å². The highest BCUT2D eigenvalue weighted by Crippen LogP contribution is 2.37. The average molecular weight is 382 g/mol. The van der Waals surface area contributed by atoms with E-state index in [0.717, 1.165) is 16.4 Å². The minimum absolute atomic E-state index is 0.0514. The predicted molar refractivity (Wildman–Crippen MR) is 97.8 cm³/mol. The van der Waals surface area contributed by atoms with Crippen LogP contribution in [-0.2, 0) is 17.6 Å². The summed E-state index contributed by atoms with van der Waals surface area (Å²) in [4.78, 5) is 26.5. The second-order valence-electron chi connectivity index (χ2n) is 6.42. The number of carbonyl (C=O) groups excluding carboxylic acids is 1. The van der Waals surface area contributed by atoms with Crippen LogP contribution in [0.25, 0.3) is 11.0 Å². The smallest absolute Gasteiger partial charge is 0.230 e. The van der Waals surface area contributed by atoms with Crippen molar-refractivity contribution >= 4 is 28.2 Å². The molecule has 0 aliphatic carbocycles. The molecule has 1 amide bonds. The van der Waals surface area contributed by atoms with E-state index in [1.54, 1.807) is 35.6 Å². The highest BCUT2D eigenvalue weighted by atomic mass is 32.1. The number of nitrogens with zero attached hydrogens (tertiary/aromatic N) is 3. The van der Waals surface area contributed by atoms with E-state index >= 15 is 0 Å². The second-order valence-corrected chi connectivity index (χ2v) is 7.39. The lowest BCUT2D eigenvalue weighted by atomic mass is 9.99. The minimum atomic E-state index is -0.487. The van der Waals surface area contributed by atoms with E-state index in [1.165, 1.54) is 17.4 Å². The maximum absolute atomic E-state index is 14.1. The molecule has 1 aliphatic rings. The molecule has 6 nitrogen and oxygen atoms in total. The molecule has 27 heavy (non-hydrogen) atoms. The van der Waals surface area contributed by atoms with Crippen LogP contribution in [0.2, 0.25) is 0 Å². The number of furan rings is 1. The molecule has 0 unspecified atom stereocenters. The van der Waals surface area contributed by atoms with Gasteiger partial charge in [0.1, 0.15) is 16.8 Å². The van der Waals surface area contributed by atoms with Gasteiger partial charge in [-0.05, 0) is 12.1 Å². The van der Waals surface area contributed by atoms with Crippen molar-refractivity contribution in [2.24, 2.45) is 0 Å². The lowest BCUT2D eigenvalue weighted by Gasteiger charge is -2.33. The maximum atomic E-state index is 14.1. The van der Waals surface area contributed by atoms with Gasteiger partial charge in [-0.25, -0.2) is 14.4 Å². The first-order valence-corrected chi connectivity index (χ1v) is 9.46. The number of H-pyrrole nitrogens is 1. The molecule has 136 valence electrons. The van der Waals surface area contributed by atoms with E-state index in [9.17, 15) is 9.18 Å². The molecule has 1 N–H and O–H groups in total. The standard InChI is InChI=1S/C19H15FN4O2S/c20-12-3-1-2-11-8-14(26-19(11)12)18-17-13(22-10-23-17)4-6-24(18)16(25)9-15-21-5-7-27-15/h1-3,5,7-8,10,18H,4,6,9H2,(H,22,23)/t18-/m1/s1. The van der Waals surface area contributed by atoms with Gasteiger partial charge < -0.3 is 14.3 Å². The van der Waals surface area contributed by atoms with E-state index in [4.69, 9.17) is 4.42 Å². The normalized spacial score (nSPS) is 16.6. The van der Waals surface area contributed by atoms with Crippen LogP contribution >= 0.6 is 11.3 Å². The fourth-order valence-electron chi connectivity index (χ4n) is 3.59. The number of hydrogen-bond acceptors (Lipinski definition) is 5.